The van der Waals surface area contributed by atoms with Gasteiger partial charge in [0, 0.05) is 19.2 Å². The smallest absolute Gasteiger partial charge is 0.326 e. The average Bonchev–Trinajstić information content (AvgIpc) is 2.84. The minimum Gasteiger partial charge on any atom is -0.480 e. The molecule has 1 amide bonds. The van der Waals surface area contributed by atoms with E-state index in [2.05, 4.69) is 4.98 Å². The minimum atomic E-state index is -1.09. The van der Waals surface area contributed by atoms with Gasteiger partial charge in [-0.1, -0.05) is 0 Å². The van der Waals surface area contributed by atoms with Gasteiger partial charge in [0.1, 0.15) is 11.7 Å². The molecule has 86 valence electrons. The van der Waals surface area contributed by atoms with Crippen LogP contribution in [0.3, 0.4) is 0 Å². The van der Waals surface area contributed by atoms with Crippen molar-refractivity contribution >= 4 is 11.9 Å². The highest BCUT2D eigenvalue weighted by Crippen LogP contribution is 2.20. The molecule has 2 heterocycles. The molecule has 1 aromatic rings. The van der Waals surface area contributed by atoms with Gasteiger partial charge in [0.05, 0.1) is 6.10 Å². The summed E-state index contributed by atoms with van der Waals surface area (Å²) in [7, 11) is 0. The third-order valence-electron chi connectivity index (χ3n) is 2.65. The standard InChI is InChI=1S/C10H12N2O4/c13-6-4-8(10(15)16)12(5-6)9(14)7-2-1-3-11-7/h1-3,6,8,11,13H,4-5H2,(H,15,16). The van der Waals surface area contributed by atoms with Crippen LogP contribution in [0.2, 0.25) is 0 Å². The number of rotatable bonds is 2. The van der Waals surface area contributed by atoms with Gasteiger partial charge in [-0.25, -0.2) is 4.79 Å². The van der Waals surface area contributed by atoms with E-state index in [0.717, 1.165) is 0 Å². The molecule has 1 aromatic heterocycles. The van der Waals surface area contributed by atoms with Crippen molar-refractivity contribution in [2.45, 2.75) is 18.6 Å². The number of nitrogens with zero attached hydrogens (tertiary/aromatic N) is 1. The number of carbonyl (C=O) groups excluding carboxylic acids is 1. The first-order valence-corrected chi connectivity index (χ1v) is 4.95. The highest BCUT2D eigenvalue weighted by Gasteiger charge is 2.39. The van der Waals surface area contributed by atoms with Crippen molar-refractivity contribution in [3.05, 3.63) is 24.0 Å². The molecule has 1 aliphatic rings. The number of carboxylic acids is 1. The van der Waals surface area contributed by atoms with Crippen LogP contribution >= 0.6 is 0 Å². The number of nitrogens with one attached hydrogen (secondary N) is 1. The lowest BCUT2D eigenvalue weighted by Gasteiger charge is -2.20. The Bertz CT molecular complexity index is 401. The maximum Gasteiger partial charge on any atom is 0.326 e. The number of aliphatic hydroxyl groups is 1. The Hall–Kier alpha value is -1.82. The molecule has 0 bridgehead atoms. The molecule has 2 atom stereocenters. The summed E-state index contributed by atoms with van der Waals surface area (Å²) in [5.74, 6) is -1.48. The molecule has 6 nitrogen and oxygen atoms in total. The van der Waals surface area contributed by atoms with Crippen molar-refractivity contribution in [1.29, 1.82) is 0 Å². The Balaban J connectivity index is 2.20. The van der Waals surface area contributed by atoms with Gasteiger partial charge in [-0.3, -0.25) is 4.79 Å². The number of aromatic nitrogens is 1. The van der Waals surface area contributed by atoms with Crippen molar-refractivity contribution < 1.29 is 19.8 Å². The molecule has 2 unspecified atom stereocenters. The first-order chi connectivity index (χ1) is 7.59. The number of carboxylic acid groups (broad SMARTS) is 1. The van der Waals surface area contributed by atoms with Crippen LogP contribution in [0.25, 0.3) is 0 Å². The van der Waals surface area contributed by atoms with Crippen LogP contribution in [0, 0.1) is 0 Å². The number of carbonyl (C=O) groups is 2. The largest absolute Gasteiger partial charge is 0.480 e. The third-order valence-corrected chi connectivity index (χ3v) is 2.65. The van der Waals surface area contributed by atoms with E-state index in [9.17, 15) is 14.7 Å². The molecule has 0 aromatic carbocycles. The molecule has 1 saturated heterocycles. The van der Waals surface area contributed by atoms with Gasteiger partial charge < -0.3 is 20.1 Å². The van der Waals surface area contributed by atoms with E-state index < -0.39 is 24.0 Å². The summed E-state index contributed by atoms with van der Waals surface area (Å²) < 4.78 is 0. The van der Waals surface area contributed by atoms with Crippen molar-refractivity contribution in [3.8, 4) is 0 Å². The zero-order valence-electron chi connectivity index (χ0n) is 8.46. The molecule has 6 heteroatoms. The van der Waals surface area contributed by atoms with Crippen LogP contribution in [0.1, 0.15) is 16.9 Å². The second kappa shape index (κ2) is 3.97. The number of hydrogen-bond donors (Lipinski definition) is 3. The lowest BCUT2D eigenvalue weighted by atomic mass is 10.2. The molecule has 1 fully saturated rings. The van der Waals surface area contributed by atoms with E-state index in [4.69, 9.17) is 5.11 Å². The van der Waals surface area contributed by atoms with Gasteiger partial charge in [0.25, 0.3) is 5.91 Å². The summed E-state index contributed by atoms with van der Waals surface area (Å²) in [5, 5.41) is 18.3. The fourth-order valence-corrected chi connectivity index (χ4v) is 1.89. The summed E-state index contributed by atoms with van der Waals surface area (Å²) in [6.07, 6.45) is 0.914. The van der Waals surface area contributed by atoms with Gasteiger partial charge in [0.2, 0.25) is 0 Å². The van der Waals surface area contributed by atoms with E-state index in [1.54, 1.807) is 18.3 Å². The minimum absolute atomic E-state index is 0.0643. The Morgan fingerprint density at radius 1 is 1.50 bits per heavy atom. The van der Waals surface area contributed by atoms with Gasteiger partial charge in [-0.15, -0.1) is 0 Å². The van der Waals surface area contributed by atoms with E-state index >= 15 is 0 Å². The number of likely N-dealkylation sites (tertiary alicyclic amines) is 1. The van der Waals surface area contributed by atoms with Crippen LogP contribution in [0.5, 0.6) is 0 Å². The van der Waals surface area contributed by atoms with Crippen LogP contribution in [-0.2, 0) is 4.79 Å². The van der Waals surface area contributed by atoms with Crippen molar-refractivity contribution in [3.63, 3.8) is 0 Å². The Labute approximate surface area is 91.5 Å². The lowest BCUT2D eigenvalue weighted by Crippen LogP contribution is -2.40. The monoisotopic (exact) mass is 224 g/mol. The number of aromatic amines is 1. The van der Waals surface area contributed by atoms with E-state index in [0.29, 0.717) is 5.69 Å². The Kier molecular flexibility index (Phi) is 2.66. The summed E-state index contributed by atoms with van der Waals surface area (Å²) in [6, 6.07) is 2.30. The first-order valence-electron chi connectivity index (χ1n) is 4.95. The van der Waals surface area contributed by atoms with E-state index in [-0.39, 0.29) is 13.0 Å². The van der Waals surface area contributed by atoms with Crippen LogP contribution < -0.4 is 0 Å². The molecule has 2 rings (SSSR count). The summed E-state index contributed by atoms with van der Waals surface area (Å²) in [5.41, 5.74) is 0.334. The maximum atomic E-state index is 11.9. The predicted octanol–water partition coefficient (Wildman–Crippen LogP) is -0.325. The van der Waals surface area contributed by atoms with Crippen LogP contribution in [-0.4, -0.2) is 50.7 Å². The van der Waals surface area contributed by atoms with E-state index in [1.165, 1.54) is 4.90 Å². The molecular weight excluding hydrogens is 212 g/mol. The molecular formula is C10H12N2O4. The summed E-state index contributed by atoms with van der Waals surface area (Å²) in [4.78, 5) is 26.7. The SMILES string of the molecule is O=C(O)C1CC(O)CN1C(=O)c1ccc[nH]1. The molecule has 0 saturated carbocycles. The van der Waals surface area contributed by atoms with Gasteiger partial charge >= 0.3 is 5.97 Å². The average molecular weight is 224 g/mol. The first kappa shape index (κ1) is 10.7. The molecule has 0 spiro atoms. The molecule has 0 radical (unpaired) electrons. The topological polar surface area (TPSA) is 93.6 Å². The van der Waals surface area contributed by atoms with Crippen molar-refractivity contribution in [1.82, 2.24) is 9.88 Å². The Morgan fingerprint density at radius 2 is 2.25 bits per heavy atom. The number of hydrogen-bond acceptors (Lipinski definition) is 3. The quantitative estimate of drug-likeness (QED) is 0.641. The van der Waals surface area contributed by atoms with Crippen LogP contribution in [0.4, 0.5) is 0 Å². The highest BCUT2D eigenvalue weighted by atomic mass is 16.4. The maximum absolute atomic E-state index is 11.9. The second-order valence-corrected chi connectivity index (χ2v) is 3.78. The Morgan fingerprint density at radius 3 is 2.81 bits per heavy atom. The van der Waals surface area contributed by atoms with Gasteiger partial charge in [-0.05, 0) is 12.1 Å². The summed E-state index contributed by atoms with van der Waals surface area (Å²) >= 11 is 0. The lowest BCUT2D eigenvalue weighted by molar-refractivity contribution is -0.141. The van der Waals surface area contributed by atoms with Crippen LogP contribution in [0.15, 0.2) is 18.3 Å². The summed E-state index contributed by atoms with van der Waals surface area (Å²) in [6.45, 7) is 0.0643. The van der Waals surface area contributed by atoms with E-state index in [1.807, 2.05) is 0 Å². The van der Waals surface area contributed by atoms with Crippen molar-refractivity contribution in [2.75, 3.05) is 6.54 Å². The molecule has 16 heavy (non-hydrogen) atoms. The zero-order chi connectivity index (χ0) is 11.7. The van der Waals surface area contributed by atoms with Crippen molar-refractivity contribution in [2.24, 2.45) is 0 Å². The third kappa shape index (κ3) is 1.79. The number of amides is 1. The molecule has 1 aliphatic heterocycles. The number of β-amino-alcohol motifs (C(OH)–C–C–N with tert-alkyl or cyclic N) is 1. The highest BCUT2D eigenvalue weighted by molar-refractivity contribution is 5.95. The fourth-order valence-electron chi connectivity index (χ4n) is 1.89. The molecule has 3 N–H and O–H groups in total. The molecule has 0 aliphatic carbocycles. The predicted molar refractivity (Wildman–Crippen MR) is 53.9 cm³/mol. The van der Waals surface area contributed by atoms with Gasteiger partial charge in [0.15, 0.2) is 0 Å². The normalized spacial score (nSPS) is 24.7. The fraction of sp³-hybridized carbons (Fsp3) is 0.400. The van der Waals surface area contributed by atoms with Gasteiger partial charge in [-0.2, -0.15) is 0 Å². The zero-order valence-corrected chi connectivity index (χ0v) is 8.46. The second-order valence-electron chi connectivity index (χ2n) is 3.78. The number of H-pyrrole nitrogens is 1. The number of aliphatic hydroxyl groups excluding tert-OH is 1. The number of aliphatic carboxylic acids is 1.